The van der Waals surface area contributed by atoms with E-state index in [0.717, 1.165) is 23.4 Å². The first-order chi connectivity index (χ1) is 11.5. The minimum atomic E-state index is -4.62. The first kappa shape index (κ1) is 20.9. The summed E-state index contributed by atoms with van der Waals surface area (Å²) >= 11 is 5.00. The minimum Gasteiger partial charge on any atom is -0.468 e. The van der Waals surface area contributed by atoms with Gasteiger partial charge in [0.25, 0.3) is 0 Å². The fraction of sp³-hybridized carbons (Fsp3) is 0.462. The van der Waals surface area contributed by atoms with E-state index in [1.165, 1.54) is 7.05 Å². The number of halogens is 6. The topological polar surface area (TPSA) is 55.5 Å². The molecule has 0 saturated heterocycles. The Labute approximate surface area is 145 Å². The van der Waals surface area contributed by atoms with Crippen molar-refractivity contribution >= 4 is 17.8 Å². The van der Waals surface area contributed by atoms with E-state index in [1.807, 2.05) is 0 Å². The predicted molar refractivity (Wildman–Crippen MR) is 82.3 cm³/mol. The Balaban J connectivity index is 3.33. The van der Waals surface area contributed by atoms with Gasteiger partial charge in [-0.1, -0.05) is 12.7 Å². The highest BCUT2D eigenvalue weighted by atomic mass is 35.5. The third kappa shape index (κ3) is 6.00. The molecule has 0 bridgehead atoms. The Bertz CT molecular complexity index is 650. The van der Waals surface area contributed by atoms with Crippen molar-refractivity contribution in [2.45, 2.75) is 18.5 Å². The Hall–Kier alpha value is -2.17. The van der Waals surface area contributed by atoms with Gasteiger partial charge in [0.15, 0.2) is 12.4 Å². The molecule has 25 heavy (non-hydrogen) atoms. The maximum atomic E-state index is 13.5. The number of aliphatic imine (C=N–C) groups is 1. The van der Waals surface area contributed by atoms with E-state index in [9.17, 15) is 22.0 Å². The molecule has 0 N–H and O–H groups in total. The second-order valence-corrected chi connectivity index (χ2v) is 4.96. The second kappa shape index (κ2) is 8.28. The van der Waals surface area contributed by atoms with Crippen LogP contribution < -0.4 is 5.01 Å². The van der Waals surface area contributed by atoms with Crippen LogP contribution in [-0.2, 0) is 10.1 Å². The van der Waals surface area contributed by atoms with Gasteiger partial charge in [0.2, 0.25) is 11.7 Å². The summed E-state index contributed by atoms with van der Waals surface area (Å²) in [7, 11) is 1.17. The van der Waals surface area contributed by atoms with Gasteiger partial charge < -0.3 is 4.74 Å². The molecule has 0 aliphatic heterocycles. The fourth-order valence-electron chi connectivity index (χ4n) is 1.62. The molecule has 12 heteroatoms. The van der Waals surface area contributed by atoms with Crippen LogP contribution in [0.1, 0.15) is 18.6 Å². The van der Waals surface area contributed by atoms with Gasteiger partial charge >= 0.3 is 11.6 Å². The summed E-state index contributed by atoms with van der Waals surface area (Å²) in [5.74, 6) is -1.62. The Kier molecular flexibility index (Phi) is 6.91. The maximum Gasteiger partial charge on any atom is 0.422 e. The highest BCUT2D eigenvalue weighted by Gasteiger charge is 2.38. The number of alkyl halides is 6. The molecule has 1 aromatic heterocycles. The van der Waals surface area contributed by atoms with Crippen LogP contribution in [0.25, 0.3) is 0 Å². The monoisotopic (exact) mass is 387 g/mol. The van der Waals surface area contributed by atoms with E-state index in [0.29, 0.717) is 11.2 Å². The summed E-state index contributed by atoms with van der Waals surface area (Å²) in [5, 5.41) is 3.71. The lowest BCUT2D eigenvalue weighted by Crippen LogP contribution is -2.36. The largest absolute Gasteiger partial charge is 0.468 e. The van der Waals surface area contributed by atoms with Crippen LogP contribution in [0, 0.1) is 0 Å². The van der Waals surface area contributed by atoms with Gasteiger partial charge in [0.05, 0.1) is 6.21 Å². The third-order valence-electron chi connectivity index (χ3n) is 2.57. The van der Waals surface area contributed by atoms with Crippen LogP contribution >= 0.6 is 11.6 Å². The average molecular weight is 388 g/mol. The molecule has 0 unspecified atom stereocenters. The number of hydrogen-bond donors (Lipinski definition) is 0. The van der Waals surface area contributed by atoms with Crippen LogP contribution in [-0.4, -0.2) is 47.5 Å². The van der Waals surface area contributed by atoms with Crippen LogP contribution in [0.3, 0.4) is 0 Å². The molecule has 0 fully saturated rings. The number of nitrogens with zero attached hydrogens (tertiary/aromatic N) is 5. The van der Waals surface area contributed by atoms with E-state index in [1.54, 1.807) is 6.92 Å². The van der Waals surface area contributed by atoms with Gasteiger partial charge in [-0.05, 0) is 24.6 Å². The van der Waals surface area contributed by atoms with Crippen molar-refractivity contribution in [2.24, 2.45) is 4.99 Å². The van der Waals surface area contributed by atoms with Crippen LogP contribution in [0.5, 0.6) is 0 Å². The van der Waals surface area contributed by atoms with E-state index >= 15 is 0 Å². The smallest absolute Gasteiger partial charge is 0.422 e. The summed E-state index contributed by atoms with van der Waals surface area (Å²) in [5.41, 5.74) is 0. The summed E-state index contributed by atoms with van der Waals surface area (Å²) < 4.78 is 69.6. The molecular weight excluding hydrogens is 373 g/mol. The Morgan fingerprint density at radius 3 is 2.48 bits per heavy atom. The van der Waals surface area contributed by atoms with Gasteiger partial charge in [-0.3, -0.25) is 4.99 Å². The van der Waals surface area contributed by atoms with E-state index < -0.39 is 29.9 Å². The lowest BCUT2D eigenvalue weighted by molar-refractivity contribution is -0.165. The minimum absolute atomic E-state index is 0.176. The summed E-state index contributed by atoms with van der Waals surface area (Å²) in [6, 6.07) is 0. The van der Waals surface area contributed by atoms with E-state index in [2.05, 4.69) is 26.5 Å². The first-order valence-corrected chi connectivity index (χ1v) is 7.17. The molecule has 0 aromatic carbocycles. The lowest BCUT2D eigenvalue weighted by atomic mass is 10.5. The normalized spacial score (nSPS) is 13.4. The highest BCUT2D eigenvalue weighted by molar-refractivity contribution is 6.21. The van der Waals surface area contributed by atoms with Gasteiger partial charge in [0.1, 0.15) is 0 Å². The standard InChI is InChI=1S/C13H15ClF5N5O/c1-4-6-10(25-8-12(15,16)17)23(3)24-9(7-20-5-2)21-22-11(24)13(14,18)19/h4,6-7H,1,5,8H2,2-3H3/b10-6+,20-7?. The van der Waals surface area contributed by atoms with E-state index in [-0.39, 0.29) is 5.82 Å². The Morgan fingerprint density at radius 1 is 1.36 bits per heavy atom. The molecule has 0 radical (unpaired) electrons. The highest BCUT2D eigenvalue weighted by Crippen LogP contribution is 2.31. The van der Waals surface area contributed by atoms with Crippen LogP contribution in [0.4, 0.5) is 22.0 Å². The number of rotatable bonds is 8. The van der Waals surface area contributed by atoms with Crippen molar-refractivity contribution in [3.63, 3.8) is 0 Å². The molecule has 0 atom stereocenters. The van der Waals surface area contributed by atoms with Crippen molar-refractivity contribution in [1.29, 1.82) is 0 Å². The SMILES string of the molecule is C=C/C=C(/OCC(F)(F)F)N(C)n1c(C=NCC)nnc1C(F)(F)Cl. The average Bonchev–Trinajstić information content (AvgIpc) is 2.91. The predicted octanol–water partition coefficient (Wildman–Crippen LogP) is 3.18. The summed E-state index contributed by atoms with van der Waals surface area (Å²) in [6.45, 7) is 3.72. The molecule has 0 aliphatic carbocycles. The van der Waals surface area contributed by atoms with Gasteiger partial charge in [-0.15, -0.1) is 10.2 Å². The van der Waals surface area contributed by atoms with Gasteiger partial charge in [-0.2, -0.15) is 22.0 Å². The van der Waals surface area contributed by atoms with Crippen LogP contribution in [0.2, 0.25) is 0 Å². The van der Waals surface area contributed by atoms with Gasteiger partial charge in [-0.25, -0.2) is 9.69 Å². The molecule has 1 aromatic rings. The summed E-state index contributed by atoms with van der Waals surface area (Å²) in [4.78, 5) is 3.85. The molecule has 0 spiro atoms. The van der Waals surface area contributed by atoms with Crippen molar-refractivity contribution in [3.8, 4) is 0 Å². The van der Waals surface area contributed by atoms with Crippen molar-refractivity contribution in [3.05, 3.63) is 36.3 Å². The molecule has 140 valence electrons. The quantitative estimate of drug-likeness (QED) is 0.226. The number of aromatic nitrogens is 3. The van der Waals surface area contributed by atoms with Crippen LogP contribution in [0.15, 0.2) is 29.6 Å². The maximum absolute atomic E-state index is 13.5. The number of allylic oxidation sites excluding steroid dienone is 2. The fourth-order valence-corrected chi connectivity index (χ4v) is 1.74. The van der Waals surface area contributed by atoms with E-state index in [4.69, 9.17) is 11.6 Å². The molecule has 6 nitrogen and oxygen atoms in total. The zero-order valence-electron chi connectivity index (χ0n) is 13.3. The Morgan fingerprint density at radius 2 is 2.00 bits per heavy atom. The summed E-state index contributed by atoms with van der Waals surface area (Å²) in [6.07, 6.45) is -1.31. The van der Waals surface area contributed by atoms with Gasteiger partial charge in [0, 0.05) is 13.6 Å². The van der Waals surface area contributed by atoms with Crippen molar-refractivity contribution in [2.75, 3.05) is 25.2 Å². The zero-order chi connectivity index (χ0) is 19.3. The van der Waals surface area contributed by atoms with Crippen molar-refractivity contribution < 1.29 is 26.7 Å². The molecule has 0 saturated carbocycles. The molecular formula is C13H15ClF5N5O. The zero-order valence-corrected chi connectivity index (χ0v) is 14.0. The molecule has 0 aliphatic rings. The lowest BCUT2D eigenvalue weighted by Gasteiger charge is -2.26. The molecule has 1 heterocycles. The second-order valence-electron chi connectivity index (χ2n) is 4.49. The first-order valence-electron chi connectivity index (χ1n) is 6.80. The number of ether oxygens (including phenoxy) is 1. The molecule has 1 rings (SSSR count). The third-order valence-corrected chi connectivity index (χ3v) is 2.74. The van der Waals surface area contributed by atoms with Crippen molar-refractivity contribution in [1.82, 2.24) is 14.9 Å². The number of hydrogen-bond acceptors (Lipinski definition) is 5. The molecule has 0 amide bonds.